The molecule has 0 spiro atoms. The number of pyridine rings is 1. The van der Waals surface area contributed by atoms with Gasteiger partial charge in [0.05, 0.1) is 11.6 Å². The van der Waals surface area contributed by atoms with Gasteiger partial charge < -0.3 is 4.90 Å². The average Bonchev–Trinajstić information content (AvgIpc) is 3.68. The van der Waals surface area contributed by atoms with Crippen molar-refractivity contribution in [3.8, 4) is 6.07 Å². The summed E-state index contributed by atoms with van der Waals surface area (Å²) in [6.07, 6.45) is 20.8. The number of hydrogen-bond acceptors (Lipinski definition) is 5. The van der Waals surface area contributed by atoms with Gasteiger partial charge in [0, 0.05) is 42.7 Å². The molecule has 1 aromatic rings. The first-order chi connectivity index (χ1) is 17.9. The maximum atomic E-state index is 9.90. The number of allylic oxidation sites excluding steroid dienone is 6. The van der Waals surface area contributed by atoms with Crippen molar-refractivity contribution in [2.75, 3.05) is 31.6 Å². The van der Waals surface area contributed by atoms with E-state index in [9.17, 15) is 5.26 Å². The van der Waals surface area contributed by atoms with E-state index in [4.69, 9.17) is 0 Å². The average molecular weight is 517 g/mol. The highest BCUT2D eigenvalue weighted by Gasteiger charge is 2.61. The van der Waals surface area contributed by atoms with Crippen molar-refractivity contribution in [1.82, 2.24) is 9.88 Å². The van der Waals surface area contributed by atoms with Crippen molar-refractivity contribution in [2.45, 2.75) is 89.0 Å². The topological polar surface area (TPSA) is 43.2 Å². The smallest absolute Gasteiger partial charge is 0.128 e. The molecule has 0 radical (unpaired) electrons. The number of aromatic nitrogens is 1. The second kappa shape index (κ2) is 11.0. The van der Waals surface area contributed by atoms with E-state index < -0.39 is 0 Å². The Bertz CT molecular complexity index is 1110. The Morgan fingerprint density at radius 1 is 1.24 bits per heavy atom. The molecule has 0 amide bonds. The Kier molecular flexibility index (Phi) is 7.89. The predicted molar refractivity (Wildman–Crippen MR) is 156 cm³/mol. The van der Waals surface area contributed by atoms with Gasteiger partial charge in [-0.05, 0) is 112 Å². The monoisotopic (exact) mass is 516 g/mol. The Labute approximate surface area is 229 Å². The third kappa shape index (κ3) is 5.04. The highest BCUT2D eigenvalue weighted by molar-refractivity contribution is 7.80. The fourth-order valence-electron chi connectivity index (χ4n) is 8.02. The van der Waals surface area contributed by atoms with Crippen LogP contribution in [-0.4, -0.2) is 42.6 Å². The van der Waals surface area contributed by atoms with Crippen LogP contribution < -0.4 is 4.90 Å². The molecule has 1 saturated heterocycles. The quantitative estimate of drug-likeness (QED) is 0.348. The van der Waals surface area contributed by atoms with E-state index in [-0.39, 0.29) is 10.8 Å². The van der Waals surface area contributed by atoms with E-state index >= 15 is 0 Å². The molecule has 198 valence electrons. The lowest BCUT2D eigenvalue weighted by Crippen LogP contribution is -2.59. The van der Waals surface area contributed by atoms with Crippen LogP contribution in [0.1, 0.15) is 78.1 Å². The minimum Gasteiger partial charge on any atom is -0.360 e. The van der Waals surface area contributed by atoms with Crippen molar-refractivity contribution in [1.29, 1.82) is 5.26 Å². The lowest BCUT2D eigenvalue weighted by Gasteiger charge is -2.59. The van der Waals surface area contributed by atoms with Crippen LogP contribution in [-0.2, 0) is 0 Å². The van der Waals surface area contributed by atoms with Crippen LogP contribution in [0.5, 0.6) is 0 Å². The molecule has 5 rings (SSSR count). The Morgan fingerprint density at radius 2 is 2.08 bits per heavy atom. The van der Waals surface area contributed by atoms with Gasteiger partial charge in [-0.2, -0.15) is 5.26 Å². The fourth-order valence-corrected chi connectivity index (χ4v) is 8.15. The highest BCUT2D eigenvalue weighted by Crippen LogP contribution is 2.67. The Hall–Kier alpha value is -2.03. The fraction of sp³-hybridized carbons (Fsp3) is 0.625. The first-order valence-corrected chi connectivity index (χ1v) is 15.0. The van der Waals surface area contributed by atoms with Gasteiger partial charge in [-0.25, -0.2) is 4.98 Å². The van der Waals surface area contributed by atoms with Crippen molar-refractivity contribution in [3.05, 3.63) is 53.3 Å². The standard InChI is InChI=1S/C32H44N4S/c1-4-27-9-5-8-26(21-33)20-29(27)32-15-6-14-31(32,24(2)36(19-17-32)23-25-10-11-25)16-7-18-35(3)30-13-12-28(37)22-34-30/h5,8,12-13,20,22,24-25,37H,4,6-7,9-11,14-19,23H2,1-3H3. The van der Waals surface area contributed by atoms with Crippen molar-refractivity contribution in [3.63, 3.8) is 0 Å². The molecule has 3 aliphatic carbocycles. The molecular formula is C32H44N4S. The highest BCUT2D eigenvalue weighted by atomic mass is 32.1. The van der Waals surface area contributed by atoms with Crippen molar-refractivity contribution in [2.24, 2.45) is 16.7 Å². The molecule has 1 aliphatic heterocycles. The summed E-state index contributed by atoms with van der Waals surface area (Å²) in [5.41, 5.74) is 4.35. The van der Waals surface area contributed by atoms with Gasteiger partial charge in [0.15, 0.2) is 0 Å². The minimum atomic E-state index is 0.177. The molecule has 3 fully saturated rings. The maximum absolute atomic E-state index is 9.90. The SMILES string of the molecule is CCC1=C(C23CCCC2(CCCN(C)c2ccc(S)cn2)C(C)N(CC2CC2)CC3)C=C(C#N)C=CC1. The number of rotatable bonds is 9. The molecule has 37 heavy (non-hydrogen) atoms. The summed E-state index contributed by atoms with van der Waals surface area (Å²) in [4.78, 5) is 10.7. The zero-order chi connectivity index (χ0) is 26.0. The lowest BCUT2D eigenvalue weighted by molar-refractivity contribution is -0.0623. The molecule has 2 heterocycles. The predicted octanol–water partition coefficient (Wildman–Crippen LogP) is 7.36. The van der Waals surface area contributed by atoms with Crippen LogP contribution in [0, 0.1) is 28.1 Å². The number of hydrogen-bond donors (Lipinski definition) is 1. The number of likely N-dealkylation sites (tertiary alicyclic amines) is 1. The van der Waals surface area contributed by atoms with Gasteiger partial charge in [0.2, 0.25) is 0 Å². The Morgan fingerprint density at radius 3 is 2.78 bits per heavy atom. The summed E-state index contributed by atoms with van der Waals surface area (Å²) < 4.78 is 0. The summed E-state index contributed by atoms with van der Waals surface area (Å²) in [5, 5.41) is 9.90. The van der Waals surface area contributed by atoms with Gasteiger partial charge >= 0.3 is 0 Å². The van der Waals surface area contributed by atoms with E-state index in [0.29, 0.717) is 6.04 Å². The third-order valence-corrected chi connectivity index (χ3v) is 10.5. The first kappa shape index (κ1) is 26.6. The van der Waals surface area contributed by atoms with E-state index in [1.807, 2.05) is 12.3 Å². The number of anilines is 1. The number of fused-ring (bicyclic) bond motifs is 1. The largest absolute Gasteiger partial charge is 0.360 e. The molecule has 4 nitrogen and oxygen atoms in total. The van der Waals surface area contributed by atoms with Crippen LogP contribution >= 0.6 is 12.6 Å². The molecule has 0 bridgehead atoms. The van der Waals surface area contributed by atoms with Crippen LogP contribution in [0.25, 0.3) is 0 Å². The molecule has 3 atom stereocenters. The Balaban J connectivity index is 1.47. The zero-order valence-electron chi connectivity index (χ0n) is 23.0. The number of nitriles is 1. The second-order valence-corrected chi connectivity index (χ2v) is 12.6. The van der Waals surface area contributed by atoms with Gasteiger partial charge in [-0.15, -0.1) is 12.6 Å². The van der Waals surface area contributed by atoms with E-state index in [2.05, 4.69) is 78.7 Å². The number of thiol groups is 1. The number of piperidine rings is 1. The second-order valence-electron chi connectivity index (χ2n) is 12.0. The van der Waals surface area contributed by atoms with Gasteiger partial charge in [0.1, 0.15) is 5.82 Å². The molecule has 2 saturated carbocycles. The zero-order valence-corrected chi connectivity index (χ0v) is 23.9. The van der Waals surface area contributed by atoms with Crippen molar-refractivity contribution >= 4 is 18.4 Å². The van der Waals surface area contributed by atoms with Gasteiger partial charge in [-0.3, -0.25) is 4.90 Å². The van der Waals surface area contributed by atoms with Crippen LogP contribution in [0.15, 0.2) is 58.2 Å². The first-order valence-electron chi connectivity index (χ1n) is 14.5. The molecular weight excluding hydrogens is 472 g/mol. The molecule has 0 N–H and O–H groups in total. The molecule has 1 aromatic heterocycles. The summed E-state index contributed by atoms with van der Waals surface area (Å²) >= 11 is 4.40. The minimum absolute atomic E-state index is 0.177. The number of nitrogens with zero attached hydrogens (tertiary/aromatic N) is 4. The van der Waals surface area contributed by atoms with E-state index in [0.717, 1.165) is 48.0 Å². The maximum Gasteiger partial charge on any atom is 0.128 e. The van der Waals surface area contributed by atoms with Gasteiger partial charge in [0.25, 0.3) is 0 Å². The van der Waals surface area contributed by atoms with E-state index in [1.54, 1.807) is 5.57 Å². The van der Waals surface area contributed by atoms with Crippen molar-refractivity contribution < 1.29 is 0 Å². The summed E-state index contributed by atoms with van der Waals surface area (Å²) in [6.45, 7) is 8.34. The molecule has 5 heteroatoms. The summed E-state index contributed by atoms with van der Waals surface area (Å²) in [5.74, 6) is 1.94. The molecule has 4 aliphatic rings. The summed E-state index contributed by atoms with van der Waals surface area (Å²) in [6, 6.07) is 7.16. The third-order valence-electron chi connectivity index (χ3n) is 10.2. The van der Waals surface area contributed by atoms with E-state index in [1.165, 1.54) is 63.6 Å². The molecule has 0 aromatic carbocycles. The van der Waals surface area contributed by atoms with Crippen LogP contribution in [0.2, 0.25) is 0 Å². The summed E-state index contributed by atoms with van der Waals surface area (Å²) in [7, 11) is 2.17. The van der Waals surface area contributed by atoms with Gasteiger partial charge in [-0.1, -0.05) is 25.0 Å². The van der Waals surface area contributed by atoms with Crippen LogP contribution in [0.4, 0.5) is 5.82 Å². The normalized spacial score (nSPS) is 30.0. The molecule has 3 unspecified atom stereocenters. The van der Waals surface area contributed by atoms with Crippen LogP contribution in [0.3, 0.4) is 0 Å². The lowest BCUT2D eigenvalue weighted by atomic mass is 9.52.